The summed E-state index contributed by atoms with van der Waals surface area (Å²) >= 11 is 0. The largest absolute Gasteiger partial charge is 0.150 e. The summed E-state index contributed by atoms with van der Waals surface area (Å²) in [5.74, 6) is 0. The van der Waals surface area contributed by atoms with Crippen LogP contribution in [0.4, 0.5) is 11.4 Å². The lowest BCUT2D eigenvalue weighted by atomic mass is 10.0. The van der Waals surface area contributed by atoms with Gasteiger partial charge < -0.3 is 0 Å². The van der Waals surface area contributed by atoms with E-state index in [4.69, 9.17) is 0 Å². The number of nitrogens with zero attached hydrogens (tertiary/aromatic N) is 2. The first-order chi connectivity index (χ1) is 10.1. The molecule has 3 aromatic carbocycles. The topological polar surface area (TPSA) is 24.7 Å². The van der Waals surface area contributed by atoms with Crippen molar-refractivity contribution in [3.8, 4) is 0 Å². The van der Waals surface area contributed by atoms with Gasteiger partial charge >= 0.3 is 0 Å². The van der Waals surface area contributed by atoms with Crippen LogP contribution in [0, 0.1) is 20.8 Å². The molecule has 3 rings (SSSR count). The van der Waals surface area contributed by atoms with Gasteiger partial charge in [-0.15, -0.1) is 0 Å². The molecule has 2 heteroatoms. The van der Waals surface area contributed by atoms with Crippen molar-refractivity contribution in [3.63, 3.8) is 0 Å². The molecule has 0 aromatic heterocycles. The summed E-state index contributed by atoms with van der Waals surface area (Å²) in [6, 6.07) is 18.7. The minimum absolute atomic E-state index is 0.924. The molecule has 0 heterocycles. The molecule has 3 aromatic rings. The average molecular weight is 274 g/mol. The second-order valence-electron chi connectivity index (χ2n) is 5.42. The van der Waals surface area contributed by atoms with E-state index in [0.717, 1.165) is 16.9 Å². The minimum atomic E-state index is 0.924. The molecule has 0 saturated heterocycles. The number of hydrogen-bond donors (Lipinski definition) is 0. The Hall–Kier alpha value is -2.48. The van der Waals surface area contributed by atoms with E-state index in [9.17, 15) is 0 Å². The van der Waals surface area contributed by atoms with E-state index in [-0.39, 0.29) is 0 Å². The normalized spacial score (nSPS) is 11.4. The summed E-state index contributed by atoms with van der Waals surface area (Å²) in [4.78, 5) is 0. The number of aryl methyl sites for hydroxylation is 3. The molecule has 0 unspecified atom stereocenters. The van der Waals surface area contributed by atoms with Crippen molar-refractivity contribution in [2.45, 2.75) is 20.8 Å². The van der Waals surface area contributed by atoms with E-state index in [2.05, 4.69) is 73.5 Å². The SMILES string of the molecule is Cc1ccc(N=Nc2ccc3ccccc3c2C)c(C)c1. The summed E-state index contributed by atoms with van der Waals surface area (Å²) in [5.41, 5.74) is 5.41. The minimum Gasteiger partial charge on any atom is -0.150 e. The Kier molecular flexibility index (Phi) is 3.53. The Morgan fingerprint density at radius 3 is 2.24 bits per heavy atom. The van der Waals surface area contributed by atoms with Gasteiger partial charge in [0.15, 0.2) is 0 Å². The third-order valence-electron chi connectivity index (χ3n) is 3.79. The Labute approximate surface area is 125 Å². The molecule has 21 heavy (non-hydrogen) atoms. The van der Waals surface area contributed by atoms with Crippen LogP contribution in [0.5, 0.6) is 0 Å². The first-order valence-electron chi connectivity index (χ1n) is 7.12. The predicted octanol–water partition coefficient (Wildman–Crippen LogP) is 6.18. The highest BCUT2D eigenvalue weighted by atomic mass is 15.1. The summed E-state index contributed by atoms with van der Waals surface area (Å²) in [6.45, 7) is 6.24. The van der Waals surface area contributed by atoms with Crippen LogP contribution in [0.3, 0.4) is 0 Å². The van der Waals surface area contributed by atoms with Gasteiger partial charge in [0.25, 0.3) is 0 Å². The van der Waals surface area contributed by atoms with Crippen LogP contribution in [0.25, 0.3) is 10.8 Å². The average Bonchev–Trinajstić information content (AvgIpc) is 2.48. The van der Waals surface area contributed by atoms with Gasteiger partial charge in [0.2, 0.25) is 0 Å². The molecule has 0 fully saturated rings. The highest BCUT2D eigenvalue weighted by Gasteiger charge is 2.03. The maximum absolute atomic E-state index is 4.44. The Balaban J connectivity index is 2.01. The lowest BCUT2D eigenvalue weighted by Gasteiger charge is -2.05. The van der Waals surface area contributed by atoms with Crippen molar-refractivity contribution < 1.29 is 0 Å². The molecule has 0 spiro atoms. The predicted molar refractivity (Wildman–Crippen MR) is 88.8 cm³/mol. The molecular weight excluding hydrogens is 256 g/mol. The lowest BCUT2D eigenvalue weighted by molar-refractivity contribution is 1.19. The van der Waals surface area contributed by atoms with Gasteiger partial charge in [-0.1, -0.05) is 48.0 Å². The van der Waals surface area contributed by atoms with Gasteiger partial charge in [-0.2, -0.15) is 10.2 Å². The maximum atomic E-state index is 4.44. The molecule has 0 radical (unpaired) electrons. The zero-order valence-electron chi connectivity index (χ0n) is 12.6. The van der Waals surface area contributed by atoms with Crippen molar-refractivity contribution in [1.29, 1.82) is 0 Å². The van der Waals surface area contributed by atoms with E-state index in [0.29, 0.717) is 0 Å². The van der Waals surface area contributed by atoms with Gasteiger partial charge in [0, 0.05) is 0 Å². The van der Waals surface area contributed by atoms with Crippen molar-refractivity contribution in [2.75, 3.05) is 0 Å². The number of rotatable bonds is 2. The van der Waals surface area contributed by atoms with E-state index in [1.165, 1.54) is 21.9 Å². The summed E-state index contributed by atoms with van der Waals surface area (Å²) in [5, 5.41) is 11.3. The Morgan fingerprint density at radius 1 is 0.714 bits per heavy atom. The smallest absolute Gasteiger partial charge is 0.0892 e. The standard InChI is InChI=1S/C19H18N2/c1-13-8-10-18(14(2)12-13)20-21-19-11-9-16-6-4-5-7-17(16)15(19)3/h4-12H,1-3H3. The molecular formula is C19H18N2. The van der Waals surface area contributed by atoms with Crippen LogP contribution in [0.1, 0.15) is 16.7 Å². The van der Waals surface area contributed by atoms with Gasteiger partial charge in [-0.05, 0) is 54.8 Å². The summed E-state index contributed by atoms with van der Waals surface area (Å²) in [7, 11) is 0. The fourth-order valence-corrected chi connectivity index (χ4v) is 2.55. The van der Waals surface area contributed by atoms with Crippen molar-refractivity contribution >= 4 is 22.1 Å². The van der Waals surface area contributed by atoms with Crippen molar-refractivity contribution in [3.05, 3.63) is 71.3 Å². The van der Waals surface area contributed by atoms with Crippen LogP contribution in [0.2, 0.25) is 0 Å². The second kappa shape index (κ2) is 5.49. The second-order valence-corrected chi connectivity index (χ2v) is 5.42. The van der Waals surface area contributed by atoms with Crippen LogP contribution in [-0.2, 0) is 0 Å². The quantitative estimate of drug-likeness (QED) is 0.498. The van der Waals surface area contributed by atoms with Gasteiger partial charge in [-0.3, -0.25) is 0 Å². The fraction of sp³-hybridized carbons (Fsp3) is 0.158. The molecule has 0 amide bonds. The van der Waals surface area contributed by atoms with Crippen LogP contribution in [-0.4, -0.2) is 0 Å². The van der Waals surface area contributed by atoms with E-state index in [1.807, 2.05) is 12.1 Å². The third-order valence-corrected chi connectivity index (χ3v) is 3.79. The van der Waals surface area contributed by atoms with Crippen molar-refractivity contribution in [2.24, 2.45) is 10.2 Å². The number of azo groups is 1. The van der Waals surface area contributed by atoms with Gasteiger partial charge in [0.05, 0.1) is 11.4 Å². The molecule has 0 aliphatic heterocycles. The summed E-state index contributed by atoms with van der Waals surface area (Å²) < 4.78 is 0. The van der Waals surface area contributed by atoms with Gasteiger partial charge in [-0.25, -0.2) is 0 Å². The Bertz CT molecular complexity index is 832. The highest BCUT2D eigenvalue weighted by molar-refractivity contribution is 5.89. The van der Waals surface area contributed by atoms with E-state index >= 15 is 0 Å². The van der Waals surface area contributed by atoms with Crippen molar-refractivity contribution in [1.82, 2.24) is 0 Å². The maximum Gasteiger partial charge on any atom is 0.0892 e. The van der Waals surface area contributed by atoms with E-state index in [1.54, 1.807) is 0 Å². The zero-order chi connectivity index (χ0) is 14.8. The molecule has 0 atom stereocenters. The van der Waals surface area contributed by atoms with Crippen LogP contribution < -0.4 is 0 Å². The molecule has 2 nitrogen and oxygen atoms in total. The number of hydrogen-bond acceptors (Lipinski definition) is 2. The zero-order valence-corrected chi connectivity index (χ0v) is 12.6. The Morgan fingerprint density at radius 2 is 1.43 bits per heavy atom. The summed E-state index contributed by atoms with van der Waals surface area (Å²) in [6.07, 6.45) is 0. The molecule has 0 aliphatic carbocycles. The molecule has 0 aliphatic rings. The molecule has 0 bridgehead atoms. The first-order valence-corrected chi connectivity index (χ1v) is 7.12. The fourth-order valence-electron chi connectivity index (χ4n) is 2.55. The highest BCUT2D eigenvalue weighted by Crippen LogP contribution is 2.29. The monoisotopic (exact) mass is 274 g/mol. The lowest BCUT2D eigenvalue weighted by Crippen LogP contribution is -1.80. The molecule has 0 saturated carbocycles. The first kappa shape index (κ1) is 13.5. The van der Waals surface area contributed by atoms with Crippen LogP contribution in [0.15, 0.2) is 64.8 Å². The third kappa shape index (κ3) is 2.70. The van der Waals surface area contributed by atoms with Crippen LogP contribution >= 0.6 is 0 Å². The number of benzene rings is 3. The van der Waals surface area contributed by atoms with Gasteiger partial charge in [0.1, 0.15) is 0 Å². The molecule has 104 valence electrons. The number of fused-ring (bicyclic) bond motifs is 1. The molecule has 0 N–H and O–H groups in total. The van der Waals surface area contributed by atoms with E-state index < -0.39 is 0 Å².